The fourth-order valence-electron chi connectivity index (χ4n) is 9.80. The van der Waals surface area contributed by atoms with Gasteiger partial charge in [0.25, 0.3) is 0 Å². The number of anilines is 1. The van der Waals surface area contributed by atoms with Crippen LogP contribution in [0.5, 0.6) is 11.9 Å². The summed E-state index contributed by atoms with van der Waals surface area (Å²) >= 11 is 6.62. The quantitative estimate of drug-likeness (QED) is 0.270. The maximum absolute atomic E-state index is 17.2. The minimum absolute atomic E-state index is 0.0101. The molecule has 12 nitrogen and oxygen atoms in total. The predicted molar refractivity (Wildman–Crippen MR) is 193 cm³/mol. The van der Waals surface area contributed by atoms with Crippen molar-refractivity contribution in [2.24, 2.45) is 10.8 Å². The summed E-state index contributed by atoms with van der Waals surface area (Å²) in [5.74, 6) is 1.58. The van der Waals surface area contributed by atoms with Crippen molar-refractivity contribution in [2.45, 2.75) is 70.1 Å². The van der Waals surface area contributed by atoms with Gasteiger partial charge in [0.15, 0.2) is 5.82 Å². The number of aliphatic hydroxyl groups is 1. The number of aromatic nitrogens is 5. The van der Waals surface area contributed by atoms with Gasteiger partial charge < -0.3 is 24.2 Å². The van der Waals surface area contributed by atoms with Crippen molar-refractivity contribution >= 4 is 50.0 Å². The molecule has 3 aliphatic heterocycles. The van der Waals surface area contributed by atoms with Gasteiger partial charge in [-0.05, 0) is 69.0 Å². The number of nitrogens with one attached hydrogen (secondary N) is 1. The van der Waals surface area contributed by atoms with Gasteiger partial charge in [0.05, 0.1) is 44.7 Å². The van der Waals surface area contributed by atoms with Gasteiger partial charge in [0.2, 0.25) is 5.88 Å². The third-order valence-corrected chi connectivity index (χ3v) is 14.5. The van der Waals surface area contributed by atoms with Gasteiger partial charge in [0, 0.05) is 68.9 Å². The second-order valence-electron chi connectivity index (χ2n) is 15.4. The fraction of sp³-hybridized carbons (Fsp3) is 0.611. The van der Waals surface area contributed by atoms with Crippen molar-refractivity contribution in [2.75, 3.05) is 63.0 Å². The number of rotatable bonds is 7. The highest BCUT2D eigenvalue weighted by Gasteiger charge is 2.58. The maximum atomic E-state index is 17.2. The Labute approximate surface area is 302 Å². The number of fused-ring (bicyclic) bond motifs is 3. The summed E-state index contributed by atoms with van der Waals surface area (Å²) in [6.45, 7) is 4.50. The van der Waals surface area contributed by atoms with Crippen molar-refractivity contribution in [3.05, 3.63) is 28.7 Å². The molecule has 3 atom stereocenters. The first kappa shape index (κ1) is 33.7. The standard InChI is InChI=1S/C36H43ClFN7O5S/c1-20-24(37)11-25-23(14-39-43-25)27(20)30-29(38)31-28(33(40-30)48-2)32(44-9-10-49-16-22(46)15-44)42-34(41-31)50-17-36-6-3-5-26(36)45(8-4-7-36)21-12-35(13-21)18-51(47)19-35/h11,14,21-22,26,46H,3-10,12-13,15-19H2,1-2H3,(H,39,43). The first-order valence-corrected chi connectivity index (χ1v) is 19.9. The predicted octanol–water partition coefficient (Wildman–Crippen LogP) is 4.80. The van der Waals surface area contributed by atoms with E-state index in [1.54, 1.807) is 12.3 Å². The van der Waals surface area contributed by atoms with Crippen LogP contribution in [0, 0.1) is 23.6 Å². The third kappa shape index (κ3) is 5.58. The van der Waals surface area contributed by atoms with Gasteiger partial charge in [-0.25, -0.2) is 9.37 Å². The molecule has 2 saturated carbocycles. The van der Waals surface area contributed by atoms with E-state index < -0.39 is 22.7 Å². The summed E-state index contributed by atoms with van der Waals surface area (Å²) < 4.78 is 47.1. The first-order chi connectivity index (χ1) is 24.7. The van der Waals surface area contributed by atoms with Crippen LogP contribution < -0.4 is 14.4 Å². The molecule has 3 aromatic heterocycles. The number of benzene rings is 1. The molecule has 51 heavy (non-hydrogen) atoms. The average molecular weight is 740 g/mol. The van der Waals surface area contributed by atoms with Gasteiger partial charge in [-0.3, -0.25) is 14.2 Å². The summed E-state index contributed by atoms with van der Waals surface area (Å²) in [6, 6.07) is 2.77. The van der Waals surface area contributed by atoms with Crippen LogP contribution in [0.4, 0.5) is 10.2 Å². The van der Waals surface area contributed by atoms with Gasteiger partial charge in [-0.2, -0.15) is 15.1 Å². The van der Waals surface area contributed by atoms with E-state index in [-0.39, 0.29) is 41.7 Å². The van der Waals surface area contributed by atoms with E-state index >= 15 is 4.39 Å². The molecule has 5 aliphatic rings. The number of H-pyrrole nitrogens is 1. The Morgan fingerprint density at radius 2 is 2.02 bits per heavy atom. The highest BCUT2D eigenvalue weighted by molar-refractivity contribution is 7.86. The second-order valence-corrected chi connectivity index (χ2v) is 17.3. The Balaban J connectivity index is 1.11. The van der Waals surface area contributed by atoms with Crippen LogP contribution in [0.25, 0.3) is 33.1 Å². The zero-order valence-electron chi connectivity index (χ0n) is 28.9. The molecule has 15 heteroatoms. The van der Waals surface area contributed by atoms with E-state index in [0.717, 1.165) is 63.0 Å². The molecule has 0 radical (unpaired) electrons. The van der Waals surface area contributed by atoms with Crippen LogP contribution in [-0.4, -0.2) is 116 Å². The van der Waals surface area contributed by atoms with E-state index in [2.05, 4.69) is 15.1 Å². The van der Waals surface area contributed by atoms with Crippen molar-refractivity contribution in [3.63, 3.8) is 0 Å². The van der Waals surface area contributed by atoms with E-state index in [0.29, 0.717) is 75.5 Å². The first-order valence-electron chi connectivity index (χ1n) is 18.0. The third-order valence-electron chi connectivity index (χ3n) is 12.2. The van der Waals surface area contributed by atoms with Gasteiger partial charge in [-0.15, -0.1) is 0 Å². The largest absolute Gasteiger partial charge is 0.480 e. The fourth-order valence-corrected chi connectivity index (χ4v) is 11.8. The molecule has 1 aromatic carbocycles. The lowest BCUT2D eigenvalue weighted by atomic mass is 9.64. The van der Waals surface area contributed by atoms with E-state index in [4.69, 9.17) is 40.8 Å². The number of hydrogen-bond donors (Lipinski definition) is 2. The lowest BCUT2D eigenvalue weighted by molar-refractivity contribution is -0.0719. The number of ether oxygens (including phenoxy) is 3. The van der Waals surface area contributed by atoms with E-state index in [1.807, 2.05) is 11.8 Å². The zero-order chi connectivity index (χ0) is 35.1. The lowest BCUT2D eigenvalue weighted by Crippen LogP contribution is -2.65. The smallest absolute Gasteiger partial charge is 0.319 e. The number of halogens is 2. The number of β-amino-alcohol motifs (C(OH)–C–C–N with tert-alkyl or cyclic N) is 1. The number of likely N-dealkylation sites (tertiary alicyclic amines) is 1. The van der Waals surface area contributed by atoms with Crippen LogP contribution in [-0.2, 0) is 15.5 Å². The van der Waals surface area contributed by atoms with Crippen molar-refractivity contribution < 1.29 is 27.9 Å². The Bertz CT molecular complexity index is 2030. The minimum Gasteiger partial charge on any atom is -0.480 e. The van der Waals surface area contributed by atoms with Crippen molar-refractivity contribution in [1.82, 2.24) is 30.0 Å². The number of aromatic amines is 1. The molecule has 9 rings (SSSR count). The summed E-state index contributed by atoms with van der Waals surface area (Å²) in [5, 5.41) is 19.2. The summed E-state index contributed by atoms with van der Waals surface area (Å²) in [6.07, 6.45) is 8.59. The molecule has 1 spiro atoms. The van der Waals surface area contributed by atoms with E-state index in [1.165, 1.54) is 7.11 Å². The number of aliphatic hydroxyl groups excluding tert-OH is 1. The number of pyridine rings is 1. The molecule has 272 valence electrons. The summed E-state index contributed by atoms with van der Waals surface area (Å²) in [7, 11) is 0.851. The van der Waals surface area contributed by atoms with Crippen molar-refractivity contribution in [3.8, 4) is 23.1 Å². The number of hydrogen-bond acceptors (Lipinski definition) is 11. The van der Waals surface area contributed by atoms with Gasteiger partial charge in [0.1, 0.15) is 22.4 Å². The second kappa shape index (κ2) is 12.8. The average Bonchev–Trinajstić information content (AvgIpc) is 3.68. The summed E-state index contributed by atoms with van der Waals surface area (Å²) in [4.78, 5) is 19.0. The number of piperidine rings is 1. The highest BCUT2D eigenvalue weighted by atomic mass is 35.5. The molecule has 2 aliphatic carbocycles. The molecule has 2 N–H and O–H groups in total. The van der Waals surface area contributed by atoms with Crippen molar-refractivity contribution in [1.29, 1.82) is 0 Å². The number of methoxy groups -OCH3 is 1. The molecule has 6 heterocycles. The molecule has 3 unspecified atom stereocenters. The highest BCUT2D eigenvalue weighted by Crippen LogP contribution is 2.55. The molecular weight excluding hydrogens is 697 g/mol. The molecular formula is C36H43ClFN7O5S. The lowest BCUT2D eigenvalue weighted by Gasteiger charge is -2.60. The number of nitrogens with zero attached hydrogens (tertiary/aromatic N) is 6. The Morgan fingerprint density at radius 1 is 1.20 bits per heavy atom. The summed E-state index contributed by atoms with van der Waals surface area (Å²) in [5.41, 5.74) is 2.08. The maximum Gasteiger partial charge on any atom is 0.319 e. The van der Waals surface area contributed by atoms with Crippen LogP contribution in [0.2, 0.25) is 5.02 Å². The normalized spacial score (nSPS) is 31.0. The molecule has 0 amide bonds. The van der Waals surface area contributed by atoms with Gasteiger partial charge in [-0.1, -0.05) is 18.0 Å². The molecule has 4 aromatic rings. The van der Waals surface area contributed by atoms with E-state index in [9.17, 15) is 9.32 Å². The topological polar surface area (TPSA) is 139 Å². The molecule has 0 bridgehead atoms. The zero-order valence-corrected chi connectivity index (χ0v) is 30.5. The minimum atomic E-state index is -0.773. The Hall–Kier alpha value is -3.17. The monoisotopic (exact) mass is 739 g/mol. The Morgan fingerprint density at radius 3 is 2.82 bits per heavy atom. The van der Waals surface area contributed by atoms with Crippen LogP contribution in [0.15, 0.2) is 12.3 Å². The molecule has 3 saturated heterocycles. The molecule has 5 fully saturated rings. The van der Waals surface area contributed by atoms with Crippen LogP contribution in [0.3, 0.4) is 0 Å². The van der Waals surface area contributed by atoms with Crippen LogP contribution >= 0.6 is 11.6 Å². The SMILES string of the molecule is COc1nc(-c2c(C)c(Cl)cc3[nH]ncc23)c(F)c2nc(OCC34CCCC3N(C3CC5(C3)CS(=O)C5)CCC4)nc(N3CCOCC(O)C3)c12. The Kier molecular flexibility index (Phi) is 8.41. The van der Waals surface area contributed by atoms with Crippen LogP contribution in [0.1, 0.15) is 50.5 Å². The van der Waals surface area contributed by atoms with Gasteiger partial charge >= 0.3 is 6.01 Å².